The summed E-state index contributed by atoms with van der Waals surface area (Å²) in [7, 11) is 0. The van der Waals surface area contributed by atoms with Gasteiger partial charge < -0.3 is 5.32 Å². The Kier molecular flexibility index (Phi) is 5.80. The summed E-state index contributed by atoms with van der Waals surface area (Å²) in [6, 6.07) is 18.7. The average molecular weight is 494 g/mol. The molecule has 5 rings (SSSR count). The molecule has 3 aromatic carbocycles. The highest BCUT2D eigenvalue weighted by molar-refractivity contribution is 7.99. The molecule has 10 heteroatoms. The van der Waals surface area contributed by atoms with Crippen molar-refractivity contribution < 1.29 is 9.18 Å². The van der Waals surface area contributed by atoms with Gasteiger partial charge in [0.15, 0.2) is 5.16 Å². The van der Waals surface area contributed by atoms with Gasteiger partial charge in [0.2, 0.25) is 11.7 Å². The molecule has 0 radical (unpaired) electrons. The third-order valence-corrected chi connectivity index (χ3v) is 6.44. The number of carbonyl (C=O) groups is 1. The number of amides is 1. The van der Waals surface area contributed by atoms with E-state index in [0.29, 0.717) is 33.2 Å². The fourth-order valence-electron chi connectivity index (χ4n) is 3.60. The van der Waals surface area contributed by atoms with Crippen LogP contribution in [0, 0.1) is 12.7 Å². The van der Waals surface area contributed by atoms with Gasteiger partial charge in [-0.25, -0.2) is 8.96 Å². The van der Waals surface area contributed by atoms with Crippen molar-refractivity contribution in [2.45, 2.75) is 12.1 Å². The van der Waals surface area contributed by atoms with Crippen LogP contribution in [0.4, 0.5) is 10.1 Å². The number of nitrogens with one attached hydrogen (secondary N) is 1. The van der Waals surface area contributed by atoms with E-state index < -0.39 is 5.82 Å². The van der Waals surface area contributed by atoms with Crippen molar-refractivity contribution in [3.8, 4) is 5.69 Å². The lowest BCUT2D eigenvalue weighted by atomic mass is 10.2. The van der Waals surface area contributed by atoms with Crippen molar-refractivity contribution >= 4 is 51.6 Å². The summed E-state index contributed by atoms with van der Waals surface area (Å²) in [6.45, 7) is 1.97. The lowest BCUT2D eigenvalue weighted by Crippen LogP contribution is -2.22. The van der Waals surface area contributed by atoms with E-state index in [4.69, 9.17) is 11.6 Å². The molecule has 170 valence electrons. The van der Waals surface area contributed by atoms with Crippen molar-refractivity contribution in [2.24, 2.45) is 0 Å². The van der Waals surface area contributed by atoms with Gasteiger partial charge in [-0.2, -0.15) is 0 Å². The highest BCUT2D eigenvalue weighted by Gasteiger charge is 2.18. The molecule has 2 aromatic heterocycles. The van der Waals surface area contributed by atoms with E-state index in [2.05, 4.69) is 15.5 Å². The average Bonchev–Trinajstić information content (AvgIpc) is 3.25. The Balaban J connectivity index is 1.52. The SMILES string of the molecule is Cc1ccc(-n2c(=O)c3ccccc3n3c(SCC(=O)Nc4ccc(F)c(Cl)c4)nnc23)cc1. The van der Waals surface area contributed by atoms with Crippen molar-refractivity contribution in [3.63, 3.8) is 0 Å². The Hall–Kier alpha value is -3.69. The summed E-state index contributed by atoms with van der Waals surface area (Å²) in [6.07, 6.45) is 0. The zero-order valence-electron chi connectivity index (χ0n) is 17.8. The second-order valence-electron chi connectivity index (χ2n) is 7.58. The zero-order chi connectivity index (χ0) is 23.8. The lowest BCUT2D eigenvalue weighted by Gasteiger charge is -2.11. The predicted molar refractivity (Wildman–Crippen MR) is 132 cm³/mol. The smallest absolute Gasteiger partial charge is 0.267 e. The van der Waals surface area contributed by atoms with Crippen LogP contribution in [-0.4, -0.2) is 30.8 Å². The molecular formula is C24H17ClFN5O2S. The number of halogens is 2. The molecule has 1 N–H and O–H groups in total. The maximum Gasteiger partial charge on any atom is 0.267 e. The summed E-state index contributed by atoms with van der Waals surface area (Å²) in [5.74, 6) is -0.509. The van der Waals surface area contributed by atoms with Gasteiger partial charge in [0.25, 0.3) is 5.56 Å². The molecule has 0 spiro atoms. The first-order valence-corrected chi connectivity index (χ1v) is 11.6. The predicted octanol–water partition coefficient (Wildman–Crippen LogP) is 4.87. The van der Waals surface area contributed by atoms with Crippen LogP contribution in [0.3, 0.4) is 0 Å². The van der Waals surface area contributed by atoms with Gasteiger partial charge in [0, 0.05) is 5.69 Å². The van der Waals surface area contributed by atoms with Crippen LogP contribution < -0.4 is 10.9 Å². The van der Waals surface area contributed by atoms with Gasteiger partial charge >= 0.3 is 0 Å². The van der Waals surface area contributed by atoms with E-state index in [-0.39, 0.29) is 22.2 Å². The molecule has 0 bridgehead atoms. The molecule has 0 aliphatic carbocycles. The van der Waals surface area contributed by atoms with Gasteiger partial charge in [-0.05, 0) is 49.4 Å². The molecule has 5 aromatic rings. The Morgan fingerprint density at radius 3 is 2.62 bits per heavy atom. The number of carbonyl (C=O) groups excluding carboxylic acids is 1. The number of nitrogens with zero attached hydrogens (tertiary/aromatic N) is 4. The molecule has 0 aliphatic rings. The van der Waals surface area contributed by atoms with E-state index in [9.17, 15) is 14.0 Å². The number of anilines is 1. The minimum atomic E-state index is -0.560. The quantitative estimate of drug-likeness (QED) is 0.353. The second-order valence-corrected chi connectivity index (χ2v) is 8.93. The van der Waals surface area contributed by atoms with E-state index in [1.54, 1.807) is 16.5 Å². The fraction of sp³-hybridized carbons (Fsp3) is 0.0833. The number of benzene rings is 3. The number of rotatable bonds is 5. The molecule has 0 aliphatic heterocycles. The minimum absolute atomic E-state index is 0.0216. The first-order chi connectivity index (χ1) is 16.4. The third-order valence-electron chi connectivity index (χ3n) is 5.22. The maximum absolute atomic E-state index is 13.4. The molecule has 0 saturated carbocycles. The van der Waals surface area contributed by atoms with Crippen LogP contribution in [0.1, 0.15) is 5.56 Å². The van der Waals surface area contributed by atoms with Crippen molar-refractivity contribution in [3.05, 3.63) is 93.5 Å². The van der Waals surface area contributed by atoms with Gasteiger partial charge in [-0.3, -0.25) is 14.0 Å². The molecule has 34 heavy (non-hydrogen) atoms. The molecule has 2 heterocycles. The van der Waals surface area contributed by atoms with Gasteiger partial charge in [-0.15, -0.1) is 10.2 Å². The monoisotopic (exact) mass is 493 g/mol. The highest BCUT2D eigenvalue weighted by atomic mass is 35.5. The molecule has 0 saturated heterocycles. The number of aryl methyl sites for hydroxylation is 1. The number of hydrogen-bond acceptors (Lipinski definition) is 5. The second kappa shape index (κ2) is 8.92. The van der Waals surface area contributed by atoms with E-state index in [1.165, 1.54) is 34.5 Å². The maximum atomic E-state index is 13.4. The van der Waals surface area contributed by atoms with Gasteiger partial charge in [-0.1, -0.05) is 53.2 Å². The Morgan fingerprint density at radius 1 is 1.09 bits per heavy atom. The normalized spacial score (nSPS) is 11.3. The molecule has 0 atom stereocenters. The van der Waals surface area contributed by atoms with Crippen LogP contribution in [0.15, 0.2) is 76.7 Å². The Bertz CT molecular complexity index is 1610. The van der Waals surface area contributed by atoms with Crippen LogP contribution in [0.2, 0.25) is 5.02 Å². The van der Waals surface area contributed by atoms with Crippen molar-refractivity contribution in [2.75, 3.05) is 11.1 Å². The molecule has 1 amide bonds. The zero-order valence-corrected chi connectivity index (χ0v) is 19.4. The Labute approximate surface area is 202 Å². The molecule has 7 nitrogen and oxygen atoms in total. The van der Waals surface area contributed by atoms with Crippen LogP contribution in [0.5, 0.6) is 0 Å². The largest absolute Gasteiger partial charge is 0.325 e. The van der Waals surface area contributed by atoms with E-state index >= 15 is 0 Å². The van der Waals surface area contributed by atoms with Crippen LogP contribution >= 0.6 is 23.4 Å². The third kappa shape index (κ3) is 4.04. The summed E-state index contributed by atoms with van der Waals surface area (Å²) in [5, 5.41) is 12.1. The summed E-state index contributed by atoms with van der Waals surface area (Å²) in [5.41, 5.74) is 2.56. The van der Waals surface area contributed by atoms with Crippen LogP contribution in [-0.2, 0) is 4.79 Å². The number of fused-ring (bicyclic) bond motifs is 3. The van der Waals surface area contributed by atoms with E-state index in [1.807, 2.05) is 43.3 Å². The van der Waals surface area contributed by atoms with E-state index in [0.717, 1.165) is 5.56 Å². The number of hydrogen-bond donors (Lipinski definition) is 1. The lowest BCUT2D eigenvalue weighted by molar-refractivity contribution is -0.113. The number of para-hydroxylation sites is 1. The van der Waals surface area contributed by atoms with Crippen LogP contribution in [0.25, 0.3) is 22.4 Å². The number of thioether (sulfide) groups is 1. The first kappa shape index (κ1) is 22.1. The topological polar surface area (TPSA) is 81.3 Å². The highest BCUT2D eigenvalue weighted by Crippen LogP contribution is 2.24. The molecular weight excluding hydrogens is 477 g/mol. The standard InChI is InChI=1S/C24H17ClFN5O2S/c1-14-6-9-16(10-7-14)30-22(33)17-4-2-3-5-20(17)31-23(30)28-29-24(31)34-13-21(32)27-15-8-11-19(26)18(25)12-15/h2-12H,13H2,1H3,(H,27,32). The number of aromatic nitrogens is 4. The minimum Gasteiger partial charge on any atom is -0.325 e. The molecule has 0 fully saturated rings. The summed E-state index contributed by atoms with van der Waals surface area (Å²) >= 11 is 6.96. The van der Waals surface area contributed by atoms with Gasteiger partial charge in [0.05, 0.1) is 27.4 Å². The first-order valence-electron chi connectivity index (χ1n) is 10.3. The van der Waals surface area contributed by atoms with Gasteiger partial charge in [0.1, 0.15) is 5.82 Å². The fourth-order valence-corrected chi connectivity index (χ4v) is 4.52. The molecule has 0 unspecified atom stereocenters. The van der Waals surface area contributed by atoms with Crippen molar-refractivity contribution in [1.29, 1.82) is 0 Å². The van der Waals surface area contributed by atoms with Crippen molar-refractivity contribution in [1.82, 2.24) is 19.2 Å². The summed E-state index contributed by atoms with van der Waals surface area (Å²) in [4.78, 5) is 25.8. The Morgan fingerprint density at radius 2 is 1.85 bits per heavy atom. The summed E-state index contributed by atoms with van der Waals surface area (Å²) < 4.78 is 16.6.